The zero-order chi connectivity index (χ0) is 22.3. The minimum absolute atomic E-state index is 0.124. The maximum atomic E-state index is 12.7. The highest BCUT2D eigenvalue weighted by molar-refractivity contribution is 7.18. The van der Waals surface area contributed by atoms with Gasteiger partial charge in [-0.15, -0.1) is 11.3 Å². The van der Waals surface area contributed by atoms with Crippen LogP contribution in [0.25, 0.3) is 6.08 Å². The lowest BCUT2D eigenvalue weighted by molar-refractivity contribution is -0.112. The number of rotatable bonds is 8. The molecule has 0 unspecified atom stereocenters. The number of Topliss-reactive ketones (excluding diaryl/α,β-unsaturated/α-hetero) is 1. The highest BCUT2D eigenvalue weighted by Gasteiger charge is 2.26. The van der Waals surface area contributed by atoms with Crippen LogP contribution in [-0.4, -0.2) is 30.9 Å². The summed E-state index contributed by atoms with van der Waals surface area (Å²) in [5, 5.41) is 12.2. The predicted molar refractivity (Wildman–Crippen MR) is 115 cm³/mol. The lowest BCUT2D eigenvalue weighted by Crippen LogP contribution is -2.16. The van der Waals surface area contributed by atoms with Crippen molar-refractivity contribution >= 4 is 40.1 Å². The van der Waals surface area contributed by atoms with E-state index < -0.39 is 11.9 Å². The monoisotopic (exact) mass is 426 g/mol. The van der Waals surface area contributed by atoms with Crippen LogP contribution in [0.1, 0.15) is 51.9 Å². The maximum Gasteiger partial charge on any atom is 0.341 e. The van der Waals surface area contributed by atoms with Crippen LogP contribution in [0.3, 0.4) is 0 Å². The standard InChI is InChI=1S/C22H22N2O5S/c1-5-28-17-9-7-15(8-10-17)11-16(12-23)20(26)24-21-18(22(27)29-6-2)13(3)19(30-21)14(4)25/h7-11H,5-6H2,1-4H3,(H,24,26). The Kier molecular flexibility index (Phi) is 7.90. The third kappa shape index (κ3) is 5.33. The molecule has 0 aliphatic carbocycles. The van der Waals surface area contributed by atoms with Gasteiger partial charge in [-0.1, -0.05) is 12.1 Å². The lowest BCUT2D eigenvalue weighted by Gasteiger charge is -2.07. The summed E-state index contributed by atoms with van der Waals surface area (Å²) in [4.78, 5) is 37.3. The van der Waals surface area contributed by atoms with Gasteiger partial charge >= 0.3 is 5.97 Å². The fraction of sp³-hybridized carbons (Fsp3) is 0.273. The van der Waals surface area contributed by atoms with Crippen LogP contribution in [0.4, 0.5) is 5.00 Å². The van der Waals surface area contributed by atoms with Gasteiger partial charge in [0.1, 0.15) is 22.4 Å². The van der Waals surface area contributed by atoms with Crippen LogP contribution in [0.5, 0.6) is 5.75 Å². The summed E-state index contributed by atoms with van der Waals surface area (Å²) < 4.78 is 10.4. The Morgan fingerprint density at radius 3 is 2.37 bits per heavy atom. The van der Waals surface area contributed by atoms with Crippen molar-refractivity contribution in [3.05, 3.63) is 51.4 Å². The molecule has 0 atom stereocenters. The van der Waals surface area contributed by atoms with Crippen LogP contribution in [0.2, 0.25) is 0 Å². The minimum atomic E-state index is -0.687. The Labute approximate surface area is 178 Å². The Bertz CT molecular complexity index is 1030. The van der Waals surface area contributed by atoms with Gasteiger partial charge in [0.25, 0.3) is 5.91 Å². The molecule has 8 heteroatoms. The molecule has 1 aromatic heterocycles. The molecule has 2 aromatic rings. The van der Waals surface area contributed by atoms with Crippen LogP contribution in [0, 0.1) is 18.3 Å². The largest absolute Gasteiger partial charge is 0.494 e. The van der Waals surface area contributed by atoms with E-state index in [1.165, 1.54) is 13.0 Å². The molecule has 30 heavy (non-hydrogen) atoms. The van der Waals surface area contributed by atoms with Crippen LogP contribution in [-0.2, 0) is 9.53 Å². The summed E-state index contributed by atoms with van der Waals surface area (Å²) in [7, 11) is 0. The molecule has 0 saturated heterocycles. The van der Waals surface area contributed by atoms with E-state index in [2.05, 4.69) is 5.32 Å². The predicted octanol–water partition coefficient (Wildman–Crippen LogP) is 4.38. The van der Waals surface area contributed by atoms with Crippen molar-refractivity contribution in [3.63, 3.8) is 0 Å². The van der Waals surface area contributed by atoms with Crippen molar-refractivity contribution in [2.45, 2.75) is 27.7 Å². The number of ether oxygens (including phenoxy) is 2. The van der Waals surface area contributed by atoms with Gasteiger partial charge in [-0.2, -0.15) is 5.26 Å². The Morgan fingerprint density at radius 2 is 1.83 bits per heavy atom. The molecule has 0 spiro atoms. The molecule has 0 bridgehead atoms. The summed E-state index contributed by atoms with van der Waals surface area (Å²) >= 11 is 0.983. The fourth-order valence-corrected chi connectivity index (χ4v) is 3.78. The first-order valence-corrected chi connectivity index (χ1v) is 10.1. The third-order valence-electron chi connectivity index (χ3n) is 4.04. The second-order valence-corrected chi connectivity index (χ2v) is 7.18. The van der Waals surface area contributed by atoms with E-state index >= 15 is 0 Å². The van der Waals surface area contributed by atoms with Gasteiger partial charge in [-0.3, -0.25) is 9.59 Å². The molecule has 1 N–H and O–H groups in total. The normalized spacial score (nSPS) is 10.8. The molecule has 7 nitrogen and oxygen atoms in total. The van der Waals surface area contributed by atoms with Crippen molar-refractivity contribution in [3.8, 4) is 11.8 Å². The molecule has 1 amide bonds. The quantitative estimate of drug-likeness (QED) is 0.291. The van der Waals surface area contributed by atoms with E-state index in [9.17, 15) is 19.6 Å². The van der Waals surface area contributed by atoms with E-state index in [0.717, 1.165) is 11.3 Å². The molecule has 0 saturated carbocycles. The number of thiophene rings is 1. The highest BCUT2D eigenvalue weighted by atomic mass is 32.1. The van der Waals surface area contributed by atoms with Crippen LogP contribution < -0.4 is 10.1 Å². The number of anilines is 1. The number of hydrogen-bond donors (Lipinski definition) is 1. The van der Waals surface area contributed by atoms with E-state index in [1.807, 2.05) is 13.0 Å². The zero-order valence-electron chi connectivity index (χ0n) is 17.2. The first-order valence-electron chi connectivity index (χ1n) is 9.29. The Morgan fingerprint density at radius 1 is 1.17 bits per heavy atom. The third-order valence-corrected chi connectivity index (χ3v) is 5.35. The van der Waals surface area contributed by atoms with E-state index in [4.69, 9.17) is 9.47 Å². The zero-order valence-corrected chi connectivity index (χ0v) is 18.0. The number of hydrogen-bond acceptors (Lipinski definition) is 7. The average Bonchev–Trinajstić information content (AvgIpc) is 3.03. The summed E-state index contributed by atoms with van der Waals surface area (Å²) in [6.45, 7) is 7.23. The number of esters is 1. The van der Waals surface area contributed by atoms with Crippen LogP contribution in [0.15, 0.2) is 29.8 Å². The number of nitrogens with one attached hydrogen (secondary N) is 1. The fourth-order valence-electron chi connectivity index (χ4n) is 2.70. The molecule has 1 heterocycles. The minimum Gasteiger partial charge on any atom is -0.494 e. The first-order chi connectivity index (χ1) is 14.3. The number of amides is 1. The number of nitriles is 1. The van der Waals surface area contributed by atoms with E-state index in [0.29, 0.717) is 28.4 Å². The van der Waals surface area contributed by atoms with Crippen molar-refractivity contribution in [2.24, 2.45) is 0 Å². The molecule has 2 rings (SSSR count). The molecule has 0 fully saturated rings. The van der Waals surface area contributed by atoms with Crippen molar-refractivity contribution < 1.29 is 23.9 Å². The van der Waals surface area contributed by atoms with Crippen molar-refractivity contribution in [1.29, 1.82) is 5.26 Å². The average molecular weight is 426 g/mol. The maximum absolute atomic E-state index is 12.7. The topological polar surface area (TPSA) is 105 Å². The Balaban J connectivity index is 2.34. The summed E-state index contributed by atoms with van der Waals surface area (Å²) in [5.74, 6) is -0.868. The molecule has 0 aliphatic heterocycles. The molecule has 1 aromatic carbocycles. The van der Waals surface area contributed by atoms with Gasteiger partial charge in [0.2, 0.25) is 0 Å². The number of carbonyl (C=O) groups excluding carboxylic acids is 3. The number of benzene rings is 1. The number of carbonyl (C=O) groups is 3. The molecule has 156 valence electrons. The van der Waals surface area contributed by atoms with Gasteiger partial charge in [0.15, 0.2) is 5.78 Å². The number of ketones is 1. The second-order valence-electron chi connectivity index (χ2n) is 6.16. The smallest absolute Gasteiger partial charge is 0.341 e. The molecular formula is C22H22N2O5S. The summed E-state index contributed by atoms with van der Waals surface area (Å²) in [6, 6.07) is 8.80. The SMILES string of the molecule is CCOC(=O)c1c(NC(=O)C(C#N)=Cc2ccc(OCC)cc2)sc(C(C)=O)c1C. The van der Waals surface area contributed by atoms with Crippen molar-refractivity contribution in [2.75, 3.05) is 18.5 Å². The summed E-state index contributed by atoms with van der Waals surface area (Å²) in [6.07, 6.45) is 1.43. The molecular weight excluding hydrogens is 404 g/mol. The van der Waals surface area contributed by atoms with E-state index in [-0.39, 0.29) is 28.5 Å². The van der Waals surface area contributed by atoms with Gasteiger partial charge in [0.05, 0.1) is 23.7 Å². The number of nitrogens with zero attached hydrogens (tertiary/aromatic N) is 1. The van der Waals surface area contributed by atoms with Gasteiger partial charge < -0.3 is 14.8 Å². The van der Waals surface area contributed by atoms with Gasteiger partial charge in [-0.25, -0.2) is 4.79 Å². The Hall–Kier alpha value is -3.44. The summed E-state index contributed by atoms with van der Waals surface area (Å²) in [5.41, 5.74) is 1.06. The van der Waals surface area contributed by atoms with E-state index in [1.54, 1.807) is 38.1 Å². The van der Waals surface area contributed by atoms with Crippen molar-refractivity contribution in [1.82, 2.24) is 0 Å². The highest BCUT2D eigenvalue weighted by Crippen LogP contribution is 2.34. The van der Waals surface area contributed by atoms with Gasteiger partial charge in [-0.05, 0) is 57.0 Å². The van der Waals surface area contributed by atoms with Gasteiger partial charge in [0, 0.05) is 0 Å². The first kappa shape index (κ1) is 22.8. The molecule has 0 aliphatic rings. The second kappa shape index (κ2) is 10.4. The molecule has 0 radical (unpaired) electrons. The van der Waals surface area contributed by atoms with Crippen LogP contribution >= 0.6 is 11.3 Å². The lowest BCUT2D eigenvalue weighted by atomic mass is 10.1.